The van der Waals surface area contributed by atoms with Crippen LogP contribution in [0.15, 0.2) is 48.5 Å². The second-order valence-electron chi connectivity index (χ2n) is 6.32. The number of ketones is 1. The van der Waals surface area contributed by atoms with E-state index in [9.17, 15) is 9.59 Å². The SMILES string of the molecule is COc1ccc(NC(=O)N2CCC[C@@H](C(=O)c3cccc(Cl)c3)C2)cc1. The van der Waals surface area contributed by atoms with Crippen molar-refractivity contribution < 1.29 is 14.3 Å². The first kappa shape index (κ1) is 18.3. The molecule has 2 aromatic rings. The topological polar surface area (TPSA) is 58.6 Å². The quantitative estimate of drug-likeness (QED) is 0.805. The van der Waals surface area contributed by atoms with Gasteiger partial charge >= 0.3 is 6.03 Å². The first-order chi connectivity index (χ1) is 12.6. The van der Waals surface area contributed by atoms with Crippen LogP contribution in [0, 0.1) is 5.92 Å². The van der Waals surface area contributed by atoms with E-state index in [4.69, 9.17) is 16.3 Å². The lowest BCUT2D eigenvalue weighted by atomic mass is 9.90. The lowest BCUT2D eigenvalue weighted by Crippen LogP contribution is -2.44. The van der Waals surface area contributed by atoms with Crippen LogP contribution in [0.2, 0.25) is 5.02 Å². The lowest BCUT2D eigenvalue weighted by molar-refractivity contribution is 0.0851. The molecule has 5 nitrogen and oxygen atoms in total. The molecular formula is C20H21ClN2O3. The van der Waals surface area contributed by atoms with Gasteiger partial charge in [-0.25, -0.2) is 4.79 Å². The Morgan fingerprint density at radius 2 is 1.96 bits per heavy atom. The molecule has 1 aliphatic rings. The number of carbonyl (C=O) groups excluding carboxylic acids is 2. The Hall–Kier alpha value is -2.53. The number of likely N-dealkylation sites (tertiary alicyclic amines) is 1. The number of hydrogen-bond acceptors (Lipinski definition) is 3. The van der Waals surface area contributed by atoms with Crippen LogP contribution in [0.25, 0.3) is 0 Å². The van der Waals surface area contributed by atoms with Crippen molar-refractivity contribution in [3.05, 3.63) is 59.1 Å². The van der Waals surface area contributed by atoms with Crippen LogP contribution >= 0.6 is 11.6 Å². The Morgan fingerprint density at radius 3 is 2.65 bits per heavy atom. The van der Waals surface area contributed by atoms with Gasteiger partial charge in [0.2, 0.25) is 0 Å². The minimum atomic E-state index is -0.205. The van der Waals surface area contributed by atoms with E-state index in [1.54, 1.807) is 60.5 Å². The van der Waals surface area contributed by atoms with E-state index in [2.05, 4.69) is 5.32 Å². The van der Waals surface area contributed by atoms with Gasteiger partial charge < -0.3 is 15.0 Å². The summed E-state index contributed by atoms with van der Waals surface area (Å²) in [6.07, 6.45) is 1.57. The molecule has 0 aliphatic carbocycles. The number of carbonyl (C=O) groups is 2. The second kappa shape index (κ2) is 8.23. The number of methoxy groups -OCH3 is 1. The van der Waals surface area contributed by atoms with Gasteiger partial charge in [0.1, 0.15) is 5.75 Å². The molecule has 0 saturated carbocycles. The smallest absolute Gasteiger partial charge is 0.321 e. The molecule has 2 aromatic carbocycles. The molecule has 1 fully saturated rings. The van der Waals surface area contributed by atoms with Gasteiger partial charge in [-0.15, -0.1) is 0 Å². The van der Waals surface area contributed by atoms with E-state index < -0.39 is 0 Å². The lowest BCUT2D eigenvalue weighted by Gasteiger charge is -2.32. The number of anilines is 1. The number of piperidine rings is 1. The summed E-state index contributed by atoms with van der Waals surface area (Å²) in [5, 5.41) is 3.41. The van der Waals surface area contributed by atoms with Crippen LogP contribution in [-0.4, -0.2) is 36.9 Å². The second-order valence-corrected chi connectivity index (χ2v) is 6.75. The van der Waals surface area contributed by atoms with E-state index in [1.165, 1.54) is 0 Å². The van der Waals surface area contributed by atoms with Crippen molar-refractivity contribution >= 4 is 29.1 Å². The molecule has 136 valence electrons. The number of nitrogens with zero attached hydrogens (tertiary/aromatic N) is 1. The molecule has 0 radical (unpaired) electrons. The van der Waals surface area contributed by atoms with Crippen molar-refractivity contribution in [3.8, 4) is 5.75 Å². The Kier molecular flexibility index (Phi) is 5.78. The van der Waals surface area contributed by atoms with Crippen LogP contribution in [-0.2, 0) is 0 Å². The largest absolute Gasteiger partial charge is 0.497 e. The Morgan fingerprint density at radius 1 is 1.19 bits per heavy atom. The number of benzene rings is 2. The number of halogens is 1. The molecule has 0 aromatic heterocycles. The maximum atomic E-state index is 12.7. The summed E-state index contributed by atoms with van der Waals surface area (Å²) in [4.78, 5) is 26.9. The molecule has 1 N–H and O–H groups in total. The van der Waals surface area contributed by atoms with Gasteiger partial charge in [-0.1, -0.05) is 23.7 Å². The van der Waals surface area contributed by atoms with E-state index >= 15 is 0 Å². The molecule has 0 spiro atoms. The molecule has 6 heteroatoms. The number of rotatable bonds is 4. The summed E-state index contributed by atoms with van der Waals surface area (Å²) >= 11 is 5.98. The third-order valence-electron chi connectivity index (χ3n) is 4.53. The Balaban J connectivity index is 1.63. The zero-order chi connectivity index (χ0) is 18.5. The van der Waals surface area contributed by atoms with Crippen LogP contribution in [0.4, 0.5) is 10.5 Å². The highest BCUT2D eigenvalue weighted by molar-refractivity contribution is 6.31. The zero-order valence-electron chi connectivity index (χ0n) is 14.6. The minimum Gasteiger partial charge on any atom is -0.497 e. The van der Waals surface area contributed by atoms with Crippen LogP contribution in [0.3, 0.4) is 0 Å². The van der Waals surface area contributed by atoms with E-state index in [0.717, 1.165) is 18.6 Å². The highest BCUT2D eigenvalue weighted by atomic mass is 35.5. The summed E-state index contributed by atoms with van der Waals surface area (Å²) in [5.74, 6) is 0.562. The highest BCUT2D eigenvalue weighted by Gasteiger charge is 2.29. The monoisotopic (exact) mass is 372 g/mol. The van der Waals surface area contributed by atoms with Crippen molar-refractivity contribution in [1.82, 2.24) is 4.90 Å². The van der Waals surface area contributed by atoms with Gasteiger partial charge in [0.15, 0.2) is 5.78 Å². The number of Topliss-reactive ketones (excluding diaryl/α,β-unsaturated/α-hetero) is 1. The predicted octanol–water partition coefficient (Wildman–Crippen LogP) is 4.48. The number of amides is 2. The fourth-order valence-corrected chi connectivity index (χ4v) is 3.32. The maximum Gasteiger partial charge on any atom is 0.321 e. The third kappa shape index (κ3) is 4.35. The first-order valence-corrected chi connectivity index (χ1v) is 8.94. The average Bonchev–Trinajstić information content (AvgIpc) is 2.68. The van der Waals surface area contributed by atoms with E-state index in [0.29, 0.717) is 29.4 Å². The minimum absolute atomic E-state index is 0.0365. The maximum absolute atomic E-state index is 12.7. The van der Waals surface area contributed by atoms with E-state index in [1.807, 2.05) is 0 Å². The molecule has 26 heavy (non-hydrogen) atoms. The Labute approximate surface area is 157 Å². The number of hydrogen-bond donors (Lipinski definition) is 1. The number of nitrogens with one attached hydrogen (secondary N) is 1. The van der Waals surface area contributed by atoms with Gasteiger partial charge in [0.25, 0.3) is 0 Å². The fourth-order valence-electron chi connectivity index (χ4n) is 3.13. The molecule has 0 unspecified atom stereocenters. The van der Waals surface area contributed by atoms with Crippen LogP contribution in [0.1, 0.15) is 23.2 Å². The molecule has 1 heterocycles. The van der Waals surface area contributed by atoms with Gasteiger partial charge in [0.05, 0.1) is 7.11 Å². The molecule has 1 saturated heterocycles. The summed E-state index contributed by atoms with van der Waals surface area (Å²) in [6, 6.07) is 13.9. The number of ether oxygens (including phenoxy) is 1. The van der Waals surface area contributed by atoms with Crippen molar-refractivity contribution in [2.75, 3.05) is 25.5 Å². The fraction of sp³-hybridized carbons (Fsp3) is 0.300. The molecule has 3 rings (SSSR count). The van der Waals surface area contributed by atoms with Crippen molar-refractivity contribution in [2.24, 2.45) is 5.92 Å². The summed E-state index contributed by atoms with van der Waals surface area (Å²) in [6.45, 7) is 1.05. The van der Waals surface area contributed by atoms with Crippen molar-refractivity contribution in [2.45, 2.75) is 12.8 Å². The molecule has 1 atom stereocenters. The van der Waals surface area contributed by atoms with Crippen molar-refractivity contribution in [1.29, 1.82) is 0 Å². The zero-order valence-corrected chi connectivity index (χ0v) is 15.3. The van der Waals surface area contributed by atoms with Gasteiger partial charge in [-0.2, -0.15) is 0 Å². The summed E-state index contributed by atoms with van der Waals surface area (Å²) < 4.78 is 5.11. The molecule has 2 amide bonds. The third-order valence-corrected chi connectivity index (χ3v) is 4.76. The normalized spacial score (nSPS) is 16.8. The van der Waals surface area contributed by atoms with Crippen molar-refractivity contribution in [3.63, 3.8) is 0 Å². The van der Waals surface area contributed by atoms with Crippen LogP contribution in [0.5, 0.6) is 5.75 Å². The Bertz CT molecular complexity index is 792. The van der Waals surface area contributed by atoms with Crippen LogP contribution < -0.4 is 10.1 Å². The highest BCUT2D eigenvalue weighted by Crippen LogP contribution is 2.23. The summed E-state index contributed by atoms with van der Waals surface area (Å²) in [7, 11) is 1.60. The van der Waals surface area contributed by atoms with Gasteiger partial charge in [-0.3, -0.25) is 4.79 Å². The molecular weight excluding hydrogens is 352 g/mol. The standard InChI is InChI=1S/C20H21ClN2O3/c1-26-18-9-7-17(8-10-18)22-20(25)23-11-3-5-15(13-23)19(24)14-4-2-6-16(21)12-14/h2,4,6-10,12,15H,3,5,11,13H2,1H3,(H,22,25)/t15-/m1/s1. The average molecular weight is 373 g/mol. The van der Waals surface area contributed by atoms with Gasteiger partial charge in [0, 0.05) is 35.3 Å². The summed E-state index contributed by atoms with van der Waals surface area (Å²) in [5.41, 5.74) is 1.29. The molecule has 0 bridgehead atoms. The first-order valence-electron chi connectivity index (χ1n) is 8.56. The number of urea groups is 1. The van der Waals surface area contributed by atoms with Gasteiger partial charge in [-0.05, 0) is 49.2 Å². The van der Waals surface area contributed by atoms with E-state index in [-0.39, 0.29) is 17.7 Å². The predicted molar refractivity (Wildman–Crippen MR) is 102 cm³/mol. The molecule has 1 aliphatic heterocycles.